The minimum Gasteiger partial charge on any atom is -0.193 e. The number of hydrogen-bond donors (Lipinski definition) is 0. The fraction of sp³-hybridized carbons (Fsp3) is 0.211. The molecular formula is C19H18N+. The van der Waals surface area contributed by atoms with E-state index >= 15 is 0 Å². The van der Waals surface area contributed by atoms with Crippen LogP contribution in [0.4, 0.5) is 0 Å². The molecule has 0 bridgehead atoms. The Morgan fingerprint density at radius 2 is 1.85 bits per heavy atom. The molecule has 1 aliphatic rings. The molecule has 4 rings (SSSR count). The molecule has 1 aliphatic heterocycles. The number of rotatable bonds is 1. The van der Waals surface area contributed by atoms with Gasteiger partial charge in [-0.3, -0.25) is 0 Å². The van der Waals surface area contributed by atoms with Crippen LogP contribution < -0.4 is 4.57 Å². The molecule has 1 heteroatoms. The van der Waals surface area contributed by atoms with Crippen molar-refractivity contribution >= 4 is 10.8 Å². The Bertz CT molecular complexity index is 815. The van der Waals surface area contributed by atoms with Crippen LogP contribution in [0.5, 0.6) is 0 Å². The normalized spacial score (nSPS) is 12.8. The summed E-state index contributed by atoms with van der Waals surface area (Å²) in [7, 11) is 0. The van der Waals surface area contributed by atoms with E-state index in [1.54, 1.807) is 0 Å². The predicted molar refractivity (Wildman–Crippen MR) is 82.8 cm³/mol. The summed E-state index contributed by atoms with van der Waals surface area (Å²) in [5.41, 5.74) is 5.60. The van der Waals surface area contributed by atoms with E-state index in [4.69, 9.17) is 0 Å². The molecule has 2 aromatic carbocycles. The van der Waals surface area contributed by atoms with Gasteiger partial charge in [0.05, 0.1) is 10.9 Å². The third kappa shape index (κ3) is 1.59. The monoisotopic (exact) mass is 260 g/mol. The maximum absolute atomic E-state index is 2.37. The summed E-state index contributed by atoms with van der Waals surface area (Å²) < 4.78 is 2.37. The van der Waals surface area contributed by atoms with Gasteiger partial charge in [0.15, 0.2) is 12.7 Å². The third-order valence-corrected chi connectivity index (χ3v) is 4.33. The Morgan fingerprint density at radius 1 is 1.00 bits per heavy atom. The largest absolute Gasteiger partial charge is 0.221 e. The molecule has 3 aromatic rings. The van der Waals surface area contributed by atoms with Crippen LogP contribution >= 0.6 is 0 Å². The minimum atomic E-state index is 0.567. The van der Waals surface area contributed by atoms with E-state index in [1.165, 1.54) is 33.2 Å². The highest BCUT2D eigenvalue weighted by atomic mass is 15.0. The minimum absolute atomic E-state index is 0.567. The zero-order chi connectivity index (χ0) is 13.7. The van der Waals surface area contributed by atoms with Gasteiger partial charge in [0.2, 0.25) is 5.69 Å². The van der Waals surface area contributed by atoms with Crippen LogP contribution in [-0.2, 0) is 6.54 Å². The van der Waals surface area contributed by atoms with E-state index < -0.39 is 0 Å². The quantitative estimate of drug-likeness (QED) is 0.450. The van der Waals surface area contributed by atoms with Crippen LogP contribution in [-0.4, -0.2) is 0 Å². The zero-order valence-electron chi connectivity index (χ0n) is 11.9. The van der Waals surface area contributed by atoms with E-state index in [9.17, 15) is 0 Å². The van der Waals surface area contributed by atoms with E-state index in [0.29, 0.717) is 5.92 Å². The van der Waals surface area contributed by atoms with Crippen molar-refractivity contribution in [2.75, 3.05) is 0 Å². The molecule has 0 atom stereocenters. The fourth-order valence-electron chi connectivity index (χ4n) is 3.19. The van der Waals surface area contributed by atoms with Crippen LogP contribution in [0.1, 0.15) is 30.9 Å². The molecule has 0 unspecified atom stereocenters. The number of aromatic nitrogens is 1. The summed E-state index contributed by atoms with van der Waals surface area (Å²) in [6.07, 6.45) is 2.21. The molecule has 0 saturated heterocycles. The van der Waals surface area contributed by atoms with Crippen molar-refractivity contribution < 1.29 is 4.57 Å². The van der Waals surface area contributed by atoms with Crippen LogP contribution in [0.15, 0.2) is 54.7 Å². The molecule has 0 spiro atoms. The van der Waals surface area contributed by atoms with Gasteiger partial charge in [-0.25, -0.2) is 0 Å². The van der Waals surface area contributed by atoms with Crippen molar-refractivity contribution in [1.82, 2.24) is 0 Å². The Kier molecular flexibility index (Phi) is 2.43. The first-order chi connectivity index (χ1) is 9.74. The molecule has 0 radical (unpaired) electrons. The van der Waals surface area contributed by atoms with Gasteiger partial charge in [0.25, 0.3) is 0 Å². The van der Waals surface area contributed by atoms with Crippen LogP contribution in [0.2, 0.25) is 0 Å². The van der Waals surface area contributed by atoms with E-state index in [-0.39, 0.29) is 0 Å². The smallest absolute Gasteiger partial charge is 0.193 e. The molecule has 1 aromatic heterocycles. The zero-order valence-corrected chi connectivity index (χ0v) is 11.9. The lowest BCUT2D eigenvalue weighted by molar-refractivity contribution is -0.671. The number of hydrogen-bond acceptors (Lipinski definition) is 0. The number of benzene rings is 2. The van der Waals surface area contributed by atoms with Crippen molar-refractivity contribution in [3.05, 3.63) is 65.9 Å². The van der Waals surface area contributed by atoms with Crippen molar-refractivity contribution in [2.24, 2.45) is 0 Å². The Labute approximate surface area is 119 Å². The SMILES string of the molecule is CC(C)c1ccc2cc[n+]3c(c2c1)-c1ccccc1C3. The van der Waals surface area contributed by atoms with Gasteiger partial charge in [0, 0.05) is 11.6 Å². The van der Waals surface area contributed by atoms with Gasteiger partial charge >= 0.3 is 0 Å². The topological polar surface area (TPSA) is 3.88 Å². The van der Waals surface area contributed by atoms with Gasteiger partial charge in [-0.1, -0.05) is 44.2 Å². The lowest BCUT2D eigenvalue weighted by Gasteiger charge is -2.07. The lowest BCUT2D eigenvalue weighted by Crippen LogP contribution is -2.31. The Hall–Kier alpha value is -2.15. The molecule has 0 fully saturated rings. The molecular weight excluding hydrogens is 242 g/mol. The molecule has 2 heterocycles. The Balaban J connectivity index is 2.07. The standard InChI is InChI=1S/C19H18N/c1-13(2)15-8-7-14-9-10-20-12-16-5-3-4-6-17(16)19(20)18(14)11-15/h3-11,13H,12H2,1-2H3/q+1. The number of nitrogens with zero attached hydrogens (tertiary/aromatic N) is 1. The number of fused-ring (bicyclic) bond motifs is 5. The average molecular weight is 260 g/mol. The molecule has 0 amide bonds. The highest BCUT2D eigenvalue weighted by molar-refractivity contribution is 5.94. The molecule has 1 nitrogen and oxygen atoms in total. The third-order valence-electron chi connectivity index (χ3n) is 4.33. The maximum Gasteiger partial charge on any atom is 0.221 e. The van der Waals surface area contributed by atoms with Crippen molar-refractivity contribution in [3.63, 3.8) is 0 Å². The summed E-state index contributed by atoms with van der Waals surface area (Å²) in [6, 6.07) is 17.9. The van der Waals surface area contributed by atoms with E-state index in [2.05, 4.69) is 73.1 Å². The summed E-state index contributed by atoms with van der Waals surface area (Å²) >= 11 is 0. The van der Waals surface area contributed by atoms with E-state index in [1.807, 2.05) is 0 Å². The van der Waals surface area contributed by atoms with Gasteiger partial charge in [-0.05, 0) is 29.0 Å². The second-order valence-electron chi connectivity index (χ2n) is 5.95. The highest BCUT2D eigenvalue weighted by Gasteiger charge is 2.27. The Morgan fingerprint density at radius 3 is 2.70 bits per heavy atom. The van der Waals surface area contributed by atoms with E-state index in [0.717, 1.165) is 6.54 Å². The first-order valence-corrected chi connectivity index (χ1v) is 7.28. The van der Waals surface area contributed by atoms with Crippen molar-refractivity contribution in [3.8, 4) is 11.3 Å². The van der Waals surface area contributed by atoms with Crippen LogP contribution in [0.25, 0.3) is 22.0 Å². The van der Waals surface area contributed by atoms with Gasteiger partial charge < -0.3 is 0 Å². The first kappa shape index (κ1) is 11.7. The number of pyridine rings is 1. The molecule has 20 heavy (non-hydrogen) atoms. The first-order valence-electron chi connectivity index (χ1n) is 7.28. The van der Waals surface area contributed by atoms with Crippen molar-refractivity contribution in [1.29, 1.82) is 0 Å². The molecule has 0 N–H and O–H groups in total. The summed E-state index contributed by atoms with van der Waals surface area (Å²) in [6.45, 7) is 5.50. The van der Waals surface area contributed by atoms with Gasteiger partial charge in [-0.2, -0.15) is 4.57 Å². The van der Waals surface area contributed by atoms with Gasteiger partial charge in [-0.15, -0.1) is 0 Å². The maximum atomic E-state index is 2.37. The van der Waals surface area contributed by atoms with Crippen LogP contribution in [0, 0.1) is 0 Å². The highest BCUT2D eigenvalue weighted by Crippen LogP contribution is 2.33. The molecule has 0 aliphatic carbocycles. The predicted octanol–water partition coefficient (Wildman–Crippen LogP) is 4.28. The van der Waals surface area contributed by atoms with Crippen LogP contribution in [0.3, 0.4) is 0 Å². The van der Waals surface area contributed by atoms with Gasteiger partial charge in [0.1, 0.15) is 0 Å². The summed E-state index contributed by atoms with van der Waals surface area (Å²) in [4.78, 5) is 0. The molecule has 98 valence electrons. The second kappa shape index (κ2) is 4.17. The fourth-order valence-corrected chi connectivity index (χ4v) is 3.19. The lowest BCUT2D eigenvalue weighted by atomic mass is 9.97. The average Bonchev–Trinajstić information content (AvgIpc) is 2.85. The summed E-state index contributed by atoms with van der Waals surface area (Å²) in [5, 5.41) is 2.71. The van der Waals surface area contributed by atoms with Crippen molar-refractivity contribution in [2.45, 2.75) is 26.3 Å². The molecule has 0 saturated carbocycles. The summed E-state index contributed by atoms with van der Waals surface area (Å²) in [5.74, 6) is 0.567. The second-order valence-corrected chi connectivity index (χ2v) is 5.95.